The molecule has 2 atom stereocenters. The second-order valence-electron chi connectivity index (χ2n) is 5.24. The summed E-state index contributed by atoms with van der Waals surface area (Å²) in [5.74, 6) is -0.153. The fraction of sp³-hybridized carbons (Fsp3) is 0.176. The monoisotopic (exact) mass is 307 g/mol. The van der Waals surface area contributed by atoms with Crippen LogP contribution in [0.25, 0.3) is 0 Å². The first-order valence-electron chi connectivity index (χ1n) is 7.38. The predicted octanol–water partition coefficient (Wildman–Crippen LogP) is 2.14. The Balaban J connectivity index is 1.84. The Morgan fingerprint density at radius 2 is 1.61 bits per heavy atom. The van der Waals surface area contributed by atoms with Gasteiger partial charge >= 0.3 is 0 Å². The summed E-state index contributed by atoms with van der Waals surface area (Å²) in [6.45, 7) is 1.95. The van der Waals surface area contributed by atoms with Crippen LogP contribution in [0.4, 0.5) is 0 Å². The van der Waals surface area contributed by atoms with E-state index >= 15 is 0 Å². The molecule has 6 heteroatoms. The molecule has 2 aromatic carbocycles. The summed E-state index contributed by atoms with van der Waals surface area (Å²) < 4.78 is 1.46. The number of tetrazole rings is 1. The average molecular weight is 307 g/mol. The van der Waals surface area contributed by atoms with Crippen LogP contribution < -0.4 is 5.32 Å². The van der Waals surface area contributed by atoms with Crippen LogP contribution in [-0.4, -0.2) is 26.1 Å². The van der Waals surface area contributed by atoms with Crippen molar-refractivity contribution in [2.75, 3.05) is 0 Å². The summed E-state index contributed by atoms with van der Waals surface area (Å²) in [6, 6.07) is 18.6. The van der Waals surface area contributed by atoms with Gasteiger partial charge in [-0.05, 0) is 28.5 Å². The molecule has 0 aliphatic carbocycles. The van der Waals surface area contributed by atoms with E-state index in [2.05, 4.69) is 20.8 Å². The Morgan fingerprint density at radius 1 is 1.00 bits per heavy atom. The fourth-order valence-corrected chi connectivity index (χ4v) is 2.46. The molecule has 0 aliphatic heterocycles. The van der Waals surface area contributed by atoms with E-state index in [1.165, 1.54) is 11.0 Å². The number of amides is 1. The molecule has 1 heterocycles. The lowest BCUT2D eigenvalue weighted by Gasteiger charge is -2.20. The van der Waals surface area contributed by atoms with Gasteiger partial charge in [-0.1, -0.05) is 60.7 Å². The molecule has 1 unspecified atom stereocenters. The zero-order valence-electron chi connectivity index (χ0n) is 12.7. The minimum Gasteiger partial charge on any atom is -0.347 e. The van der Waals surface area contributed by atoms with Gasteiger partial charge in [0.25, 0.3) is 0 Å². The van der Waals surface area contributed by atoms with Gasteiger partial charge in [-0.25, -0.2) is 4.68 Å². The van der Waals surface area contributed by atoms with Gasteiger partial charge in [0.1, 0.15) is 6.33 Å². The van der Waals surface area contributed by atoms with Crippen LogP contribution in [0, 0.1) is 0 Å². The SMILES string of the molecule is CC(NC(=O)[C@@H](c1ccccc1)n1cnnn1)c1ccccc1. The van der Waals surface area contributed by atoms with Gasteiger partial charge in [-0.2, -0.15) is 0 Å². The lowest BCUT2D eigenvalue weighted by atomic mass is 10.0. The molecule has 0 bridgehead atoms. The van der Waals surface area contributed by atoms with Crippen molar-refractivity contribution in [2.45, 2.75) is 19.0 Å². The average Bonchev–Trinajstić information content (AvgIpc) is 3.11. The van der Waals surface area contributed by atoms with Crippen molar-refractivity contribution in [3.8, 4) is 0 Å². The minimum atomic E-state index is -0.600. The number of hydrogen-bond donors (Lipinski definition) is 1. The number of nitrogens with zero attached hydrogens (tertiary/aromatic N) is 4. The second kappa shape index (κ2) is 6.83. The Bertz CT molecular complexity index is 743. The lowest BCUT2D eigenvalue weighted by molar-refractivity contribution is -0.124. The maximum Gasteiger partial charge on any atom is 0.250 e. The van der Waals surface area contributed by atoms with Gasteiger partial charge < -0.3 is 5.32 Å². The predicted molar refractivity (Wildman–Crippen MR) is 85.4 cm³/mol. The number of aromatic nitrogens is 4. The van der Waals surface area contributed by atoms with Crippen molar-refractivity contribution in [3.63, 3.8) is 0 Å². The Hall–Kier alpha value is -3.02. The molecule has 23 heavy (non-hydrogen) atoms. The quantitative estimate of drug-likeness (QED) is 0.784. The van der Waals surface area contributed by atoms with E-state index in [0.29, 0.717) is 0 Å². The second-order valence-corrected chi connectivity index (χ2v) is 5.24. The molecule has 116 valence electrons. The third-order valence-electron chi connectivity index (χ3n) is 3.65. The largest absolute Gasteiger partial charge is 0.347 e. The van der Waals surface area contributed by atoms with E-state index < -0.39 is 6.04 Å². The van der Waals surface area contributed by atoms with E-state index in [4.69, 9.17) is 0 Å². The number of carbonyl (C=O) groups excluding carboxylic acids is 1. The zero-order chi connectivity index (χ0) is 16.1. The Labute approximate surface area is 134 Å². The van der Waals surface area contributed by atoms with Crippen molar-refractivity contribution >= 4 is 5.91 Å². The molecule has 6 nitrogen and oxygen atoms in total. The number of carbonyl (C=O) groups is 1. The van der Waals surface area contributed by atoms with Crippen LogP contribution in [0.3, 0.4) is 0 Å². The first kappa shape index (κ1) is 14.9. The molecule has 0 spiro atoms. The first-order valence-corrected chi connectivity index (χ1v) is 7.38. The fourth-order valence-electron chi connectivity index (χ4n) is 2.46. The Morgan fingerprint density at radius 3 is 2.17 bits per heavy atom. The smallest absolute Gasteiger partial charge is 0.250 e. The molecule has 1 aromatic heterocycles. The van der Waals surface area contributed by atoms with Crippen molar-refractivity contribution in [1.29, 1.82) is 0 Å². The molecule has 1 N–H and O–H groups in total. The van der Waals surface area contributed by atoms with Crippen molar-refractivity contribution < 1.29 is 4.79 Å². The maximum absolute atomic E-state index is 12.8. The highest BCUT2D eigenvalue weighted by Crippen LogP contribution is 2.19. The molecule has 0 radical (unpaired) electrons. The summed E-state index contributed by atoms with van der Waals surface area (Å²) in [5.41, 5.74) is 1.88. The summed E-state index contributed by atoms with van der Waals surface area (Å²) in [6.07, 6.45) is 1.45. The van der Waals surface area contributed by atoms with E-state index in [9.17, 15) is 4.79 Å². The van der Waals surface area contributed by atoms with Crippen molar-refractivity contribution in [3.05, 3.63) is 78.1 Å². The molecule has 3 rings (SSSR count). The summed E-state index contributed by atoms with van der Waals surface area (Å²) in [4.78, 5) is 12.8. The highest BCUT2D eigenvalue weighted by molar-refractivity contribution is 5.83. The van der Waals surface area contributed by atoms with E-state index in [1.54, 1.807) is 0 Å². The summed E-state index contributed by atoms with van der Waals surface area (Å²) >= 11 is 0. The molecule has 3 aromatic rings. The van der Waals surface area contributed by atoms with E-state index in [-0.39, 0.29) is 11.9 Å². The van der Waals surface area contributed by atoms with E-state index in [1.807, 2.05) is 67.6 Å². The van der Waals surface area contributed by atoms with Crippen LogP contribution in [-0.2, 0) is 4.79 Å². The Kier molecular flexibility index (Phi) is 4.42. The van der Waals surface area contributed by atoms with Crippen LogP contribution >= 0.6 is 0 Å². The molecule has 0 saturated heterocycles. The molecule has 0 saturated carbocycles. The minimum absolute atomic E-state index is 0.105. The van der Waals surface area contributed by atoms with Crippen LogP contribution in [0.1, 0.15) is 30.1 Å². The maximum atomic E-state index is 12.8. The number of hydrogen-bond acceptors (Lipinski definition) is 4. The summed E-state index contributed by atoms with van der Waals surface area (Å²) in [5, 5.41) is 14.2. The van der Waals surface area contributed by atoms with Crippen molar-refractivity contribution in [1.82, 2.24) is 25.5 Å². The molecular weight excluding hydrogens is 290 g/mol. The molecular formula is C17H17N5O. The van der Waals surface area contributed by atoms with Gasteiger partial charge in [-0.15, -0.1) is 5.10 Å². The highest BCUT2D eigenvalue weighted by Gasteiger charge is 2.25. The molecule has 1 amide bonds. The van der Waals surface area contributed by atoms with Crippen LogP contribution in [0.2, 0.25) is 0 Å². The number of benzene rings is 2. The van der Waals surface area contributed by atoms with Gasteiger partial charge in [0.05, 0.1) is 6.04 Å². The number of nitrogens with one attached hydrogen (secondary N) is 1. The van der Waals surface area contributed by atoms with Crippen LogP contribution in [0.5, 0.6) is 0 Å². The first-order chi connectivity index (χ1) is 11.3. The van der Waals surface area contributed by atoms with Gasteiger partial charge in [-0.3, -0.25) is 4.79 Å². The van der Waals surface area contributed by atoms with Gasteiger partial charge in [0, 0.05) is 0 Å². The summed E-state index contributed by atoms with van der Waals surface area (Å²) in [7, 11) is 0. The van der Waals surface area contributed by atoms with Gasteiger partial charge in [0.15, 0.2) is 6.04 Å². The van der Waals surface area contributed by atoms with Crippen molar-refractivity contribution in [2.24, 2.45) is 0 Å². The molecule has 0 fully saturated rings. The van der Waals surface area contributed by atoms with Crippen LogP contribution in [0.15, 0.2) is 67.0 Å². The third kappa shape index (κ3) is 3.42. The zero-order valence-corrected chi connectivity index (χ0v) is 12.7. The van der Waals surface area contributed by atoms with E-state index in [0.717, 1.165) is 11.1 Å². The number of rotatable bonds is 5. The van der Waals surface area contributed by atoms with Gasteiger partial charge in [0.2, 0.25) is 5.91 Å². The normalized spacial score (nSPS) is 13.3. The lowest BCUT2D eigenvalue weighted by Crippen LogP contribution is -2.35. The molecule has 0 aliphatic rings. The topological polar surface area (TPSA) is 72.7 Å². The highest BCUT2D eigenvalue weighted by atomic mass is 16.2. The standard InChI is InChI=1S/C17H17N5O/c1-13(14-8-4-2-5-9-14)19-17(23)16(22-12-18-20-21-22)15-10-6-3-7-11-15/h2-13,16H,1H3,(H,19,23)/t13?,16-/m1/s1. The third-order valence-corrected chi connectivity index (χ3v) is 3.65.